The first kappa shape index (κ1) is 33.7. The van der Waals surface area contributed by atoms with Crippen molar-refractivity contribution in [2.45, 2.75) is 36.4 Å². The molecular weight excluding hydrogens is 571 g/mol. The van der Waals surface area contributed by atoms with Gasteiger partial charge in [-0.2, -0.15) is 17.9 Å². The maximum absolute atomic E-state index is 12.7. The minimum absolute atomic E-state index is 0.0361. The lowest BCUT2D eigenvalue weighted by molar-refractivity contribution is -0.192. The number of carbonyl (C=O) groups is 3. The SMILES string of the molecule is O=C(CC[C@H](NS(=O)(=O)c1ccc(-c2ccccc2)cc1)C(=O)O)NCCCN1CCOCC1.O=C(O)C(F)(F)F. The van der Waals surface area contributed by atoms with Gasteiger partial charge in [-0.1, -0.05) is 42.5 Å². The van der Waals surface area contributed by atoms with Crippen LogP contribution in [-0.4, -0.2) is 93.0 Å². The number of carboxylic acids is 2. The summed E-state index contributed by atoms with van der Waals surface area (Å²) in [4.78, 5) is 34.9. The molecule has 4 N–H and O–H groups in total. The van der Waals surface area contributed by atoms with E-state index in [0.29, 0.717) is 6.54 Å². The van der Waals surface area contributed by atoms with Gasteiger partial charge >= 0.3 is 18.1 Å². The molecule has 0 radical (unpaired) electrons. The Morgan fingerprint density at radius 3 is 2.05 bits per heavy atom. The highest BCUT2D eigenvalue weighted by Crippen LogP contribution is 2.21. The molecule has 15 heteroatoms. The summed E-state index contributed by atoms with van der Waals surface area (Å²) in [5.74, 6) is -4.39. The Hall–Kier alpha value is -3.53. The van der Waals surface area contributed by atoms with Crippen molar-refractivity contribution in [3.63, 3.8) is 0 Å². The van der Waals surface area contributed by atoms with Crippen LogP contribution in [-0.2, 0) is 29.1 Å². The van der Waals surface area contributed by atoms with E-state index in [9.17, 15) is 36.3 Å². The van der Waals surface area contributed by atoms with Crippen LogP contribution in [0.25, 0.3) is 11.1 Å². The molecule has 2 aromatic carbocycles. The average Bonchev–Trinajstić information content (AvgIpc) is 2.94. The molecule has 1 heterocycles. The second-order valence-corrected chi connectivity index (χ2v) is 10.6. The summed E-state index contributed by atoms with van der Waals surface area (Å²) >= 11 is 0. The van der Waals surface area contributed by atoms with E-state index in [4.69, 9.17) is 14.6 Å². The first-order chi connectivity index (χ1) is 19.3. The van der Waals surface area contributed by atoms with Crippen molar-refractivity contribution in [3.8, 4) is 11.1 Å². The van der Waals surface area contributed by atoms with Gasteiger partial charge in [-0.05, 0) is 42.6 Å². The van der Waals surface area contributed by atoms with E-state index < -0.39 is 34.2 Å². The molecule has 0 saturated carbocycles. The van der Waals surface area contributed by atoms with Crippen LogP contribution in [0.4, 0.5) is 13.2 Å². The van der Waals surface area contributed by atoms with Crippen LogP contribution in [0.2, 0.25) is 0 Å². The van der Waals surface area contributed by atoms with Crippen molar-refractivity contribution in [1.82, 2.24) is 14.9 Å². The van der Waals surface area contributed by atoms with Gasteiger partial charge in [0, 0.05) is 26.1 Å². The van der Waals surface area contributed by atoms with Crippen molar-refractivity contribution >= 4 is 27.9 Å². The lowest BCUT2D eigenvalue weighted by atomic mass is 10.1. The molecule has 11 nitrogen and oxygen atoms in total. The Morgan fingerprint density at radius 2 is 1.51 bits per heavy atom. The fourth-order valence-corrected chi connectivity index (χ4v) is 4.89. The maximum Gasteiger partial charge on any atom is 0.490 e. The van der Waals surface area contributed by atoms with E-state index in [0.717, 1.165) is 50.4 Å². The number of amides is 1. The molecular formula is C26H32F3N3O8S. The molecule has 0 aliphatic carbocycles. The Labute approximate surface area is 235 Å². The number of sulfonamides is 1. The maximum atomic E-state index is 12.7. The van der Waals surface area contributed by atoms with Gasteiger partial charge in [0.1, 0.15) is 6.04 Å². The van der Waals surface area contributed by atoms with Gasteiger partial charge in [-0.15, -0.1) is 0 Å². The zero-order chi connectivity index (χ0) is 30.5. The van der Waals surface area contributed by atoms with Gasteiger partial charge in [0.25, 0.3) is 0 Å². The lowest BCUT2D eigenvalue weighted by Crippen LogP contribution is -2.41. The third-order valence-electron chi connectivity index (χ3n) is 5.85. The summed E-state index contributed by atoms with van der Waals surface area (Å²) in [5.41, 5.74) is 1.79. The van der Waals surface area contributed by atoms with Gasteiger partial charge in [0.05, 0.1) is 18.1 Å². The number of halogens is 3. The molecule has 0 unspecified atom stereocenters. The van der Waals surface area contributed by atoms with E-state index in [1.165, 1.54) is 12.1 Å². The number of nitrogens with zero attached hydrogens (tertiary/aromatic N) is 1. The van der Waals surface area contributed by atoms with Crippen molar-refractivity contribution in [1.29, 1.82) is 0 Å². The van der Waals surface area contributed by atoms with Crippen LogP contribution in [0.1, 0.15) is 19.3 Å². The van der Waals surface area contributed by atoms with Crippen LogP contribution < -0.4 is 10.0 Å². The molecule has 2 aromatic rings. The quantitative estimate of drug-likeness (QED) is 0.267. The number of hydrogen-bond donors (Lipinski definition) is 4. The fourth-order valence-electron chi connectivity index (χ4n) is 3.66. The lowest BCUT2D eigenvalue weighted by Gasteiger charge is -2.26. The molecule has 1 amide bonds. The number of alkyl halides is 3. The molecule has 0 spiro atoms. The standard InChI is InChI=1S/C24H31N3O6S.C2HF3O2/c28-23(25-13-4-14-27-15-17-33-18-16-27)12-11-22(24(29)30)26-34(31,32)21-9-7-20(8-10-21)19-5-2-1-3-6-19;3-2(4,5)1(6)7/h1-3,5-10,22,26H,4,11-18H2,(H,25,28)(H,29,30);(H,6,7)/t22-;/m0./s1. The van der Waals surface area contributed by atoms with Crippen molar-refractivity contribution in [3.05, 3.63) is 54.6 Å². The first-order valence-corrected chi connectivity index (χ1v) is 14.1. The monoisotopic (exact) mass is 603 g/mol. The van der Waals surface area contributed by atoms with Gasteiger partial charge in [0.2, 0.25) is 15.9 Å². The van der Waals surface area contributed by atoms with Crippen LogP contribution in [0.15, 0.2) is 59.5 Å². The molecule has 226 valence electrons. The average molecular weight is 604 g/mol. The molecule has 3 rings (SSSR count). The summed E-state index contributed by atoms with van der Waals surface area (Å²) in [6.45, 7) is 4.52. The summed E-state index contributed by atoms with van der Waals surface area (Å²) in [6, 6.07) is 14.3. The highest BCUT2D eigenvalue weighted by Gasteiger charge is 2.38. The number of hydrogen-bond acceptors (Lipinski definition) is 7. The molecule has 1 fully saturated rings. The number of carbonyl (C=O) groups excluding carboxylic acids is 1. The van der Waals surface area contributed by atoms with Gasteiger partial charge < -0.3 is 20.3 Å². The number of ether oxygens (including phenoxy) is 1. The molecule has 0 aromatic heterocycles. The molecule has 1 atom stereocenters. The Morgan fingerprint density at radius 1 is 0.951 bits per heavy atom. The van der Waals surface area contributed by atoms with Gasteiger partial charge in [0.15, 0.2) is 0 Å². The number of nitrogens with one attached hydrogen (secondary N) is 2. The smallest absolute Gasteiger partial charge is 0.480 e. The number of rotatable bonds is 12. The zero-order valence-corrected chi connectivity index (χ0v) is 22.8. The molecule has 41 heavy (non-hydrogen) atoms. The van der Waals surface area contributed by atoms with Gasteiger partial charge in [-0.3, -0.25) is 14.5 Å². The predicted molar refractivity (Wildman–Crippen MR) is 141 cm³/mol. The number of carboxylic acid groups (broad SMARTS) is 2. The Kier molecular flexibility index (Phi) is 13.2. The Bertz CT molecular complexity index is 1240. The van der Waals surface area contributed by atoms with Gasteiger partial charge in [-0.25, -0.2) is 13.2 Å². The number of morpholine rings is 1. The highest BCUT2D eigenvalue weighted by molar-refractivity contribution is 7.89. The van der Waals surface area contributed by atoms with E-state index in [-0.39, 0.29) is 23.6 Å². The van der Waals surface area contributed by atoms with Crippen molar-refractivity contribution in [2.24, 2.45) is 0 Å². The normalized spacial score (nSPS) is 14.8. The summed E-state index contributed by atoms with van der Waals surface area (Å²) in [5, 5.41) is 19.4. The summed E-state index contributed by atoms with van der Waals surface area (Å²) in [7, 11) is -4.06. The van der Waals surface area contributed by atoms with Crippen LogP contribution in [0.3, 0.4) is 0 Å². The molecule has 1 aliphatic rings. The topological polar surface area (TPSA) is 162 Å². The molecule has 0 bridgehead atoms. The summed E-state index contributed by atoms with van der Waals surface area (Å²) in [6.07, 6.45) is -4.55. The molecule has 1 saturated heterocycles. The zero-order valence-electron chi connectivity index (χ0n) is 22.0. The highest BCUT2D eigenvalue weighted by atomic mass is 32.2. The second kappa shape index (κ2) is 16.0. The van der Waals surface area contributed by atoms with Crippen LogP contribution in [0, 0.1) is 0 Å². The van der Waals surface area contributed by atoms with Crippen molar-refractivity contribution in [2.75, 3.05) is 39.4 Å². The summed E-state index contributed by atoms with van der Waals surface area (Å²) < 4.78 is 64.7. The van der Waals surface area contributed by atoms with Crippen LogP contribution in [0.5, 0.6) is 0 Å². The van der Waals surface area contributed by atoms with E-state index in [1.807, 2.05) is 30.3 Å². The first-order valence-electron chi connectivity index (χ1n) is 12.6. The van der Waals surface area contributed by atoms with Crippen LogP contribution >= 0.6 is 0 Å². The van der Waals surface area contributed by atoms with E-state index >= 15 is 0 Å². The largest absolute Gasteiger partial charge is 0.490 e. The Balaban J connectivity index is 0.000000745. The second-order valence-electron chi connectivity index (χ2n) is 8.90. The third kappa shape index (κ3) is 12.3. The fraction of sp³-hybridized carbons (Fsp3) is 0.423. The van der Waals surface area contributed by atoms with E-state index in [2.05, 4.69) is 14.9 Å². The van der Waals surface area contributed by atoms with Crippen molar-refractivity contribution < 1.29 is 50.9 Å². The molecule has 1 aliphatic heterocycles. The third-order valence-corrected chi connectivity index (χ3v) is 7.33. The number of benzene rings is 2. The predicted octanol–water partition coefficient (Wildman–Crippen LogP) is 2.34. The van der Waals surface area contributed by atoms with E-state index in [1.54, 1.807) is 12.1 Å². The number of aliphatic carboxylic acids is 2. The minimum atomic E-state index is -5.08. The minimum Gasteiger partial charge on any atom is -0.480 e.